The lowest BCUT2D eigenvalue weighted by atomic mass is 10.1. The third-order valence-corrected chi connectivity index (χ3v) is 4.87. The molecule has 5 heteroatoms. The van der Waals surface area contributed by atoms with Crippen molar-refractivity contribution in [2.75, 3.05) is 0 Å². The molecule has 0 bridgehead atoms. The normalized spacial score (nSPS) is 12.1. The van der Waals surface area contributed by atoms with Gasteiger partial charge >= 0.3 is 0 Å². The Labute approximate surface area is 139 Å². The molecule has 1 atom stereocenters. The first-order valence-corrected chi connectivity index (χ1v) is 8.42. The molecule has 0 fully saturated rings. The van der Waals surface area contributed by atoms with E-state index in [4.69, 9.17) is 0 Å². The van der Waals surface area contributed by atoms with Gasteiger partial charge in [-0.05, 0) is 43.0 Å². The summed E-state index contributed by atoms with van der Waals surface area (Å²) in [4.78, 5) is 17.7. The summed E-state index contributed by atoms with van der Waals surface area (Å²) >= 11 is 1.65. The van der Waals surface area contributed by atoms with Crippen molar-refractivity contribution in [2.45, 2.75) is 26.4 Å². The molecule has 118 valence electrons. The van der Waals surface area contributed by atoms with Crippen LogP contribution in [0.15, 0.2) is 54.2 Å². The fourth-order valence-electron chi connectivity index (χ4n) is 2.42. The first-order chi connectivity index (χ1) is 11.1. The van der Waals surface area contributed by atoms with Gasteiger partial charge in [-0.25, -0.2) is 4.98 Å². The fourth-order valence-corrected chi connectivity index (χ4v) is 3.15. The second kappa shape index (κ2) is 6.79. The van der Waals surface area contributed by atoms with Crippen LogP contribution in [0.2, 0.25) is 0 Å². The first-order valence-electron chi connectivity index (χ1n) is 7.54. The van der Waals surface area contributed by atoms with Gasteiger partial charge in [0.1, 0.15) is 5.82 Å². The van der Waals surface area contributed by atoms with Gasteiger partial charge in [0.15, 0.2) is 0 Å². The molecule has 0 aliphatic rings. The molecule has 23 heavy (non-hydrogen) atoms. The van der Waals surface area contributed by atoms with Crippen LogP contribution in [0.1, 0.15) is 39.6 Å². The van der Waals surface area contributed by atoms with Gasteiger partial charge in [-0.15, -0.1) is 11.3 Å². The van der Waals surface area contributed by atoms with Crippen molar-refractivity contribution < 1.29 is 4.79 Å². The highest BCUT2D eigenvalue weighted by Gasteiger charge is 2.12. The van der Waals surface area contributed by atoms with Crippen LogP contribution in [0.3, 0.4) is 0 Å². The number of aryl methyl sites for hydroxylation is 1. The number of imidazole rings is 1. The van der Waals surface area contributed by atoms with Crippen LogP contribution < -0.4 is 5.32 Å². The molecule has 1 unspecified atom stereocenters. The quantitative estimate of drug-likeness (QED) is 0.776. The fraction of sp³-hybridized carbons (Fsp3) is 0.222. The number of rotatable bonds is 5. The monoisotopic (exact) mass is 325 g/mol. The Kier molecular flexibility index (Phi) is 4.57. The zero-order valence-corrected chi connectivity index (χ0v) is 14.0. The predicted molar refractivity (Wildman–Crippen MR) is 92.7 cm³/mol. The highest BCUT2D eigenvalue weighted by atomic mass is 32.1. The largest absolute Gasteiger partial charge is 0.345 e. The molecule has 1 aromatic carbocycles. The summed E-state index contributed by atoms with van der Waals surface area (Å²) in [7, 11) is 0. The second-order valence-electron chi connectivity index (χ2n) is 5.51. The highest BCUT2D eigenvalue weighted by molar-refractivity contribution is 7.10. The number of amides is 1. The standard InChI is InChI=1S/C18H19N3OS/c1-13(17-4-3-11-23-17)20-18(22)16-7-5-15(6-8-16)12-21-10-9-19-14(21)2/h3-11,13H,12H2,1-2H3,(H,20,22). The summed E-state index contributed by atoms with van der Waals surface area (Å²) in [5.74, 6) is 0.938. The topological polar surface area (TPSA) is 46.9 Å². The van der Waals surface area contributed by atoms with Gasteiger partial charge in [0.2, 0.25) is 0 Å². The van der Waals surface area contributed by atoms with Crippen LogP contribution in [0.25, 0.3) is 0 Å². The van der Waals surface area contributed by atoms with E-state index in [0.717, 1.165) is 22.8 Å². The van der Waals surface area contributed by atoms with Crippen LogP contribution in [0.4, 0.5) is 0 Å². The lowest BCUT2D eigenvalue weighted by Crippen LogP contribution is -2.26. The summed E-state index contributed by atoms with van der Waals surface area (Å²) < 4.78 is 2.08. The van der Waals surface area contributed by atoms with Crippen LogP contribution in [0.5, 0.6) is 0 Å². The Morgan fingerprint density at radius 1 is 1.30 bits per heavy atom. The van der Waals surface area contributed by atoms with Gasteiger partial charge in [-0.1, -0.05) is 18.2 Å². The smallest absolute Gasteiger partial charge is 0.251 e. The minimum atomic E-state index is -0.0451. The maximum absolute atomic E-state index is 12.3. The third-order valence-electron chi connectivity index (χ3n) is 3.81. The molecular formula is C18H19N3OS. The van der Waals surface area contributed by atoms with Crippen molar-refractivity contribution in [3.63, 3.8) is 0 Å². The Hall–Kier alpha value is -2.40. The van der Waals surface area contributed by atoms with E-state index in [2.05, 4.69) is 14.9 Å². The number of thiophene rings is 1. The van der Waals surface area contributed by atoms with Gasteiger partial charge in [-0.3, -0.25) is 4.79 Å². The Balaban J connectivity index is 1.64. The molecule has 0 spiro atoms. The lowest BCUT2D eigenvalue weighted by Gasteiger charge is -2.12. The summed E-state index contributed by atoms with van der Waals surface area (Å²) in [6.45, 7) is 4.74. The van der Waals surface area contributed by atoms with E-state index in [-0.39, 0.29) is 11.9 Å². The number of benzene rings is 1. The van der Waals surface area contributed by atoms with Gasteiger partial charge < -0.3 is 9.88 Å². The molecule has 3 aromatic rings. The Bertz CT molecular complexity index is 775. The second-order valence-corrected chi connectivity index (χ2v) is 6.49. The van der Waals surface area contributed by atoms with Crippen LogP contribution in [-0.2, 0) is 6.54 Å². The minimum absolute atomic E-state index is 0.0239. The van der Waals surface area contributed by atoms with Crippen molar-refractivity contribution in [3.8, 4) is 0 Å². The summed E-state index contributed by atoms with van der Waals surface area (Å²) in [5, 5.41) is 5.05. The molecule has 2 aromatic heterocycles. The van der Waals surface area contributed by atoms with Crippen LogP contribution >= 0.6 is 11.3 Å². The molecule has 2 heterocycles. The average Bonchev–Trinajstić information content (AvgIpc) is 3.20. The van der Waals surface area contributed by atoms with E-state index in [9.17, 15) is 4.79 Å². The van der Waals surface area contributed by atoms with Crippen LogP contribution in [-0.4, -0.2) is 15.5 Å². The van der Waals surface area contributed by atoms with Crippen molar-refractivity contribution in [2.24, 2.45) is 0 Å². The first kappa shape index (κ1) is 15.5. The summed E-state index contributed by atoms with van der Waals surface area (Å²) in [5.41, 5.74) is 1.83. The molecule has 1 amide bonds. The number of hydrogen-bond acceptors (Lipinski definition) is 3. The third kappa shape index (κ3) is 3.68. The zero-order chi connectivity index (χ0) is 16.2. The molecular weight excluding hydrogens is 306 g/mol. The molecule has 1 N–H and O–H groups in total. The maximum atomic E-state index is 12.3. The van der Waals surface area contributed by atoms with Gasteiger partial charge in [0.25, 0.3) is 5.91 Å². The Morgan fingerprint density at radius 3 is 2.70 bits per heavy atom. The minimum Gasteiger partial charge on any atom is -0.345 e. The van der Waals surface area contributed by atoms with Gasteiger partial charge in [0, 0.05) is 29.4 Å². The van der Waals surface area contributed by atoms with Crippen molar-refractivity contribution >= 4 is 17.2 Å². The molecule has 3 rings (SSSR count). The predicted octanol–water partition coefficient (Wildman–Crippen LogP) is 3.79. The average molecular weight is 325 g/mol. The molecule has 0 aliphatic heterocycles. The van der Waals surface area contributed by atoms with Gasteiger partial charge in [0.05, 0.1) is 6.04 Å². The maximum Gasteiger partial charge on any atom is 0.251 e. The summed E-state index contributed by atoms with van der Waals surface area (Å²) in [6.07, 6.45) is 3.75. The van der Waals surface area contributed by atoms with E-state index in [1.165, 1.54) is 0 Å². The SMILES string of the molecule is Cc1nccn1Cc1ccc(C(=O)NC(C)c2cccs2)cc1. The Morgan fingerprint density at radius 2 is 2.09 bits per heavy atom. The number of nitrogens with zero attached hydrogens (tertiary/aromatic N) is 2. The number of carbonyl (C=O) groups excluding carboxylic acids is 1. The lowest BCUT2D eigenvalue weighted by molar-refractivity contribution is 0.0940. The number of hydrogen-bond donors (Lipinski definition) is 1. The number of carbonyl (C=O) groups is 1. The van der Waals surface area contributed by atoms with Gasteiger partial charge in [-0.2, -0.15) is 0 Å². The van der Waals surface area contributed by atoms with Crippen molar-refractivity contribution in [1.29, 1.82) is 0 Å². The van der Waals surface area contributed by atoms with E-state index in [1.54, 1.807) is 17.5 Å². The number of aromatic nitrogens is 2. The van der Waals surface area contributed by atoms with E-state index in [1.807, 2.05) is 61.8 Å². The molecule has 0 saturated heterocycles. The van der Waals surface area contributed by atoms with E-state index < -0.39 is 0 Å². The van der Waals surface area contributed by atoms with Crippen molar-refractivity contribution in [1.82, 2.24) is 14.9 Å². The molecule has 0 aliphatic carbocycles. The molecule has 4 nitrogen and oxygen atoms in total. The number of nitrogens with one attached hydrogen (secondary N) is 1. The van der Waals surface area contributed by atoms with E-state index in [0.29, 0.717) is 5.56 Å². The molecule has 0 radical (unpaired) electrons. The van der Waals surface area contributed by atoms with Crippen LogP contribution in [0, 0.1) is 6.92 Å². The highest BCUT2D eigenvalue weighted by Crippen LogP contribution is 2.18. The van der Waals surface area contributed by atoms with E-state index >= 15 is 0 Å². The van der Waals surface area contributed by atoms with Crippen molar-refractivity contribution in [3.05, 3.63) is 76.0 Å². The summed E-state index contributed by atoms with van der Waals surface area (Å²) in [6, 6.07) is 11.8. The molecule has 0 saturated carbocycles. The zero-order valence-electron chi connectivity index (χ0n) is 13.2.